The fraction of sp³-hybridized carbons (Fsp3) is 0.400. The van der Waals surface area contributed by atoms with Crippen molar-refractivity contribution in [2.24, 2.45) is 0 Å². The molecule has 0 spiro atoms. The van der Waals surface area contributed by atoms with Gasteiger partial charge >= 0.3 is 6.61 Å². The number of carbonyl (C=O) groups excluding carboxylic acids is 1. The summed E-state index contributed by atoms with van der Waals surface area (Å²) in [5.74, 6) is 1.09. The van der Waals surface area contributed by atoms with Gasteiger partial charge in [-0.3, -0.25) is 9.69 Å². The number of nitrogens with zero attached hydrogens (tertiary/aromatic N) is 3. The number of piperazine rings is 1. The minimum atomic E-state index is -2.82. The number of benzene rings is 1. The highest BCUT2D eigenvalue weighted by molar-refractivity contribution is 5.78. The van der Waals surface area contributed by atoms with Crippen molar-refractivity contribution in [2.75, 3.05) is 44.2 Å². The van der Waals surface area contributed by atoms with Crippen LogP contribution < -0.4 is 15.0 Å². The van der Waals surface area contributed by atoms with Crippen LogP contribution in [0.3, 0.4) is 0 Å². The molecule has 8 heteroatoms. The van der Waals surface area contributed by atoms with Crippen molar-refractivity contribution in [1.29, 1.82) is 0 Å². The smallest absolute Gasteiger partial charge is 0.387 e. The SMILES string of the molecule is O=C(CN1CCN(c2ccccn2)CC1)NCCc1ccc(OC(F)F)cc1. The monoisotopic (exact) mass is 390 g/mol. The first-order chi connectivity index (χ1) is 13.6. The van der Waals surface area contributed by atoms with E-state index in [-0.39, 0.29) is 11.7 Å². The summed E-state index contributed by atoms with van der Waals surface area (Å²) in [6.45, 7) is 1.37. The highest BCUT2D eigenvalue weighted by Gasteiger charge is 2.19. The van der Waals surface area contributed by atoms with E-state index in [1.54, 1.807) is 18.3 Å². The predicted octanol–water partition coefficient (Wildman–Crippen LogP) is 2.16. The summed E-state index contributed by atoms with van der Waals surface area (Å²) in [6.07, 6.45) is 2.42. The molecule has 2 heterocycles. The number of ether oxygens (including phenoxy) is 1. The van der Waals surface area contributed by atoms with Gasteiger partial charge in [-0.2, -0.15) is 8.78 Å². The van der Waals surface area contributed by atoms with Gasteiger partial charge in [0.1, 0.15) is 11.6 Å². The molecule has 1 aromatic carbocycles. The lowest BCUT2D eigenvalue weighted by Crippen LogP contribution is -2.49. The maximum atomic E-state index is 12.1. The van der Waals surface area contributed by atoms with Crippen LogP contribution in [0.15, 0.2) is 48.7 Å². The maximum Gasteiger partial charge on any atom is 0.387 e. The number of aromatic nitrogens is 1. The third-order valence-electron chi connectivity index (χ3n) is 4.60. The van der Waals surface area contributed by atoms with E-state index in [0.29, 0.717) is 19.5 Å². The number of carbonyl (C=O) groups is 1. The Morgan fingerprint density at radius 3 is 2.50 bits per heavy atom. The second kappa shape index (κ2) is 9.98. The zero-order valence-corrected chi connectivity index (χ0v) is 15.6. The Morgan fingerprint density at radius 2 is 1.86 bits per heavy atom. The van der Waals surface area contributed by atoms with Gasteiger partial charge in [0, 0.05) is 38.9 Å². The lowest BCUT2D eigenvalue weighted by atomic mass is 10.1. The van der Waals surface area contributed by atoms with Crippen molar-refractivity contribution < 1.29 is 18.3 Å². The first-order valence-corrected chi connectivity index (χ1v) is 9.29. The number of hydrogen-bond acceptors (Lipinski definition) is 5. The van der Waals surface area contributed by atoms with Gasteiger partial charge in [0.2, 0.25) is 5.91 Å². The molecule has 0 unspecified atom stereocenters. The molecule has 0 bridgehead atoms. The van der Waals surface area contributed by atoms with Crippen LogP contribution in [-0.4, -0.2) is 61.7 Å². The summed E-state index contributed by atoms with van der Waals surface area (Å²) in [5, 5.41) is 2.91. The summed E-state index contributed by atoms with van der Waals surface area (Å²) in [7, 11) is 0. The number of hydrogen-bond donors (Lipinski definition) is 1. The first kappa shape index (κ1) is 20.0. The molecule has 28 heavy (non-hydrogen) atoms. The van der Waals surface area contributed by atoms with Gasteiger partial charge in [-0.1, -0.05) is 18.2 Å². The second-order valence-corrected chi connectivity index (χ2v) is 6.57. The summed E-state index contributed by atoms with van der Waals surface area (Å²) < 4.78 is 28.6. The van der Waals surface area contributed by atoms with E-state index in [9.17, 15) is 13.6 Å². The van der Waals surface area contributed by atoms with Gasteiger partial charge in [-0.25, -0.2) is 4.98 Å². The lowest BCUT2D eigenvalue weighted by Gasteiger charge is -2.34. The molecule has 0 aliphatic carbocycles. The van der Waals surface area contributed by atoms with Crippen molar-refractivity contribution in [3.8, 4) is 5.75 Å². The molecular formula is C20H24F2N4O2. The van der Waals surface area contributed by atoms with Crippen LogP contribution in [0.1, 0.15) is 5.56 Å². The molecule has 6 nitrogen and oxygen atoms in total. The minimum Gasteiger partial charge on any atom is -0.435 e. The standard InChI is InChI=1S/C20H24F2N4O2/c21-20(22)28-17-6-4-16(5-7-17)8-10-24-19(27)15-25-11-13-26(14-12-25)18-3-1-2-9-23-18/h1-7,9,20H,8,10-15H2,(H,24,27). The fourth-order valence-electron chi connectivity index (χ4n) is 3.12. The quantitative estimate of drug-likeness (QED) is 0.749. The van der Waals surface area contributed by atoms with E-state index < -0.39 is 6.61 Å². The molecular weight excluding hydrogens is 366 g/mol. The molecule has 1 N–H and O–H groups in total. The maximum absolute atomic E-state index is 12.1. The molecule has 1 aliphatic heterocycles. The Balaban J connectivity index is 1.34. The highest BCUT2D eigenvalue weighted by atomic mass is 19.3. The van der Waals surface area contributed by atoms with Crippen LogP contribution in [0, 0.1) is 0 Å². The Labute approximate surface area is 163 Å². The molecule has 1 aromatic heterocycles. The topological polar surface area (TPSA) is 57.7 Å². The van der Waals surface area contributed by atoms with E-state index in [4.69, 9.17) is 0 Å². The van der Waals surface area contributed by atoms with Crippen LogP contribution in [0.4, 0.5) is 14.6 Å². The van der Waals surface area contributed by atoms with Crippen LogP contribution in [0.25, 0.3) is 0 Å². The molecule has 0 atom stereocenters. The lowest BCUT2D eigenvalue weighted by molar-refractivity contribution is -0.122. The van der Waals surface area contributed by atoms with E-state index in [2.05, 4.69) is 24.8 Å². The zero-order valence-electron chi connectivity index (χ0n) is 15.6. The van der Waals surface area contributed by atoms with Crippen LogP contribution >= 0.6 is 0 Å². The number of alkyl halides is 2. The summed E-state index contributed by atoms with van der Waals surface area (Å²) >= 11 is 0. The second-order valence-electron chi connectivity index (χ2n) is 6.57. The molecule has 2 aromatic rings. The van der Waals surface area contributed by atoms with Gasteiger partial charge in [0.25, 0.3) is 0 Å². The number of pyridine rings is 1. The summed E-state index contributed by atoms with van der Waals surface area (Å²) in [5.41, 5.74) is 0.950. The molecule has 1 saturated heterocycles. The molecule has 0 radical (unpaired) electrons. The van der Waals surface area contributed by atoms with Gasteiger partial charge in [0.05, 0.1) is 6.54 Å². The van der Waals surface area contributed by atoms with Gasteiger partial charge < -0.3 is 15.0 Å². The summed E-state index contributed by atoms with van der Waals surface area (Å²) in [4.78, 5) is 20.9. The van der Waals surface area contributed by atoms with Crippen molar-refractivity contribution in [2.45, 2.75) is 13.0 Å². The normalized spacial score (nSPS) is 14.9. The Morgan fingerprint density at radius 1 is 1.11 bits per heavy atom. The third-order valence-corrected chi connectivity index (χ3v) is 4.60. The molecule has 1 amide bonds. The van der Waals surface area contributed by atoms with Crippen molar-refractivity contribution >= 4 is 11.7 Å². The number of nitrogens with one attached hydrogen (secondary N) is 1. The number of rotatable bonds is 8. The van der Waals surface area contributed by atoms with Gasteiger partial charge in [0.15, 0.2) is 0 Å². The van der Waals surface area contributed by atoms with Gasteiger partial charge in [-0.05, 0) is 36.2 Å². The van der Waals surface area contributed by atoms with E-state index in [0.717, 1.165) is 37.6 Å². The van der Waals surface area contributed by atoms with Crippen molar-refractivity contribution in [1.82, 2.24) is 15.2 Å². The first-order valence-electron chi connectivity index (χ1n) is 9.29. The largest absolute Gasteiger partial charge is 0.435 e. The predicted molar refractivity (Wildman–Crippen MR) is 103 cm³/mol. The molecule has 1 fully saturated rings. The molecule has 0 saturated carbocycles. The Kier molecular flexibility index (Phi) is 7.13. The van der Waals surface area contributed by atoms with Crippen LogP contribution in [0.2, 0.25) is 0 Å². The number of amides is 1. The minimum absolute atomic E-state index is 0.0102. The van der Waals surface area contributed by atoms with Gasteiger partial charge in [-0.15, -0.1) is 0 Å². The van der Waals surface area contributed by atoms with Crippen LogP contribution in [0.5, 0.6) is 5.75 Å². The van der Waals surface area contributed by atoms with Crippen LogP contribution in [-0.2, 0) is 11.2 Å². The average molecular weight is 390 g/mol. The molecule has 1 aliphatic rings. The average Bonchev–Trinajstić information content (AvgIpc) is 2.70. The summed E-state index contributed by atoms with van der Waals surface area (Å²) in [6, 6.07) is 12.3. The van der Waals surface area contributed by atoms with E-state index in [1.807, 2.05) is 18.2 Å². The Bertz CT molecular complexity index is 736. The Hall–Kier alpha value is -2.74. The van der Waals surface area contributed by atoms with E-state index >= 15 is 0 Å². The zero-order chi connectivity index (χ0) is 19.8. The van der Waals surface area contributed by atoms with Crippen molar-refractivity contribution in [3.05, 3.63) is 54.2 Å². The molecule has 3 rings (SSSR count). The third kappa shape index (κ3) is 6.16. The van der Waals surface area contributed by atoms with Crippen molar-refractivity contribution in [3.63, 3.8) is 0 Å². The fourth-order valence-corrected chi connectivity index (χ4v) is 3.12. The van der Waals surface area contributed by atoms with E-state index in [1.165, 1.54) is 12.1 Å². The molecule has 150 valence electrons. The number of anilines is 1. The number of halogens is 2. The highest BCUT2D eigenvalue weighted by Crippen LogP contribution is 2.15.